The summed E-state index contributed by atoms with van der Waals surface area (Å²) in [6, 6.07) is 12.6. The van der Waals surface area contributed by atoms with E-state index in [1.54, 1.807) is 0 Å². The number of ether oxygens (including phenoxy) is 3. The smallest absolute Gasteiger partial charge is 0.231 e. The summed E-state index contributed by atoms with van der Waals surface area (Å²) in [6.45, 7) is 4.54. The molecule has 2 aromatic rings. The first kappa shape index (κ1) is 19.9. The number of thiocarbonyl (C=S) groups is 1. The Bertz CT molecular complexity index is 844. The molecule has 29 heavy (non-hydrogen) atoms. The van der Waals surface area contributed by atoms with Crippen molar-refractivity contribution in [3.05, 3.63) is 59.4 Å². The Morgan fingerprint density at radius 3 is 2.59 bits per heavy atom. The van der Waals surface area contributed by atoms with Crippen LogP contribution in [0.3, 0.4) is 0 Å². The van der Waals surface area contributed by atoms with Crippen LogP contribution in [-0.4, -0.2) is 49.7 Å². The van der Waals surface area contributed by atoms with Crippen molar-refractivity contribution in [3.8, 4) is 11.5 Å². The van der Waals surface area contributed by atoms with E-state index in [1.165, 1.54) is 12.1 Å². The third-order valence-corrected chi connectivity index (χ3v) is 5.38. The third kappa shape index (κ3) is 5.14. The van der Waals surface area contributed by atoms with Gasteiger partial charge >= 0.3 is 0 Å². The largest absolute Gasteiger partial charge is 0.454 e. The molecular weight excluding hydrogens is 393 g/mol. The highest BCUT2D eigenvalue weighted by molar-refractivity contribution is 7.80. The number of nitrogens with zero attached hydrogens (tertiary/aromatic N) is 1. The first-order valence-electron chi connectivity index (χ1n) is 9.66. The van der Waals surface area contributed by atoms with E-state index in [0.29, 0.717) is 31.4 Å². The molecule has 8 heteroatoms. The standard InChI is InChI=1S/C21H24FN3O3S/c22-17-4-2-16(3-5-17)18(25-7-9-26-10-8-25)13-24-21(29)23-12-15-1-6-19-20(11-15)28-14-27-19/h1-6,11,18H,7-10,12-14H2,(H2,23,24,29). The zero-order valence-electron chi connectivity index (χ0n) is 16.0. The van der Waals surface area contributed by atoms with Crippen LogP contribution in [0.5, 0.6) is 11.5 Å². The van der Waals surface area contributed by atoms with Gasteiger partial charge in [-0.1, -0.05) is 18.2 Å². The van der Waals surface area contributed by atoms with Crippen LogP contribution >= 0.6 is 12.2 Å². The molecule has 6 nitrogen and oxygen atoms in total. The summed E-state index contributed by atoms with van der Waals surface area (Å²) in [5, 5.41) is 7.11. The molecule has 2 heterocycles. The minimum absolute atomic E-state index is 0.0878. The lowest BCUT2D eigenvalue weighted by atomic mass is 10.0. The number of rotatable bonds is 6. The van der Waals surface area contributed by atoms with Gasteiger partial charge < -0.3 is 24.8 Å². The maximum Gasteiger partial charge on any atom is 0.231 e. The molecule has 154 valence electrons. The molecule has 1 fully saturated rings. The molecule has 1 atom stereocenters. The molecule has 2 aliphatic rings. The molecule has 0 amide bonds. The Morgan fingerprint density at radius 1 is 1.03 bits per heavy atom. The fourth-order valence-corrected chi connectivity index (χ4v) is 3.67. The van der Waals surface area contributed by atoms with Crippen LogP contribution < -0.4 is 20.1 Å². The SMILES string of the molecule is Fc1ccc(C(CNC(=S)NCc2ccc3c(c2)OCO3)N2CCOCC2)cc1. The quantitative estimate of drug-likeness (QED) is 0.701. The average molecular weight is 418 g/mol. The van der Waals surface area contributed by atoms with Crippen molar-refractivity contribution in [1.82, 2.24) is 15.5 Å². The normalized spacial score (nSPS) is 17.0. The van der Waals surface area contributed by atoms with E-state index in [1.807, 2.05) is 30.3 Å². The fraction of sp³-hybridized carbons (Fsp3) is 0.381. The van der Waals surface area contributed by atoms with Crippen LogP contribution in [0.2, 0.25) is 0 Å². The van der Waals surface area contributed by atoms with Gasteiger partial charge in [-0.3, -0.25) is 4.90 Å². The van der Waals surface area contributed by atoms with Crippen molar-refractivity contribution in [2.45, 2.75) is 12.6 Å². The maximum atomic E-state index is 13.4. The Balaban J connectivity index is 1.33. The summed E-state index contributed by atoms with van der Waals surface area (Å²) in [6.07, 6.45) is 0. The van der Waals surface area contributed by atoms with Crippen LogP contribution in [0.25, 0.3) is 0 Å². The lowest BCUT2D eigenvalue weighted by molar-refractivity contribution is 0.0170. The molecule has 0 aromatic heterocycles. The summed E-state index contributed by atoms with van der Waals surface area (Å²) in [5.74, 6) is 1.29. The number of nitrogens with one attached hydrogen (secondary N) is 2. The van der Waals surface area contributed by atoms with Crippen LogP contribution in [0.1, 0.15) is 17.2 Å². The molecule has 0 saturated carbocycles. The fourth-order valence-electron chi connectivity index (χ4n) is 3.52. The molecule has 2 aromatic carbocycles. The first-order chi connectivity index (χ1) is 14.2. The van der Waals surface area contributed by atoms with Crippen LogP contribution in [-0.2, 0) is 11.3 Å². The van der Waals surface area contributed by atoms with Gasteiger partial charge in [-0.05, 0) is 47.6 Å². The number of fused-ring (bicyclic) bond motifs is 1. The maximum absolute atomic E-state index is 13.4. The topological polar surface area (TPSA) is 55.0 Å². The van der Waals surface area contributed by atoms with Crippen molar-refractivity contribution in [2.75, 3.05) is 39.6 Å². The Kier molecular flexibility index (Phi) is 6.43. The van der Waals surface area contributed by atoms with Crippen LogP contribution in [0.4, 0.5) is 4.39 Å². The van der Waals surface area contributed by atoms with Crippen LogP contribution in [0, 0.1) is 5.82 Å². The number of hydrogen-bond donors (Lipinski definition) is 2. The highest BCUT2D eigenvalue weighted by atomic mass is 32.1. The van der Waals surface area contributed by atoms with Gasteiger partial charge in [-0.2, -0.15) is 0 Å². The lowest BCUT2D eigenvalue weighted by Crippen LogP contribution is -2.45. The van der Waals surface area contributed by atoms with Crippen molar-refractivity contribution in [2.24, 2.45) is 0 Å². The van der Waals surface area contributed by atoms with Crippen molar-refractivity contribution in [1.29, 1.82) is 0 Å². The predicted octanol–water partition coefficient (Wildman–Crippen LogP) is 2.59. The number of hydrogen-bond acceptors (Lipinski definition) is 5. The van der Waals surface area contributed by atoms with E-state index in [0.717, 1.165) is 35.7 Å². The van der Waals surface area contributed by atoms with Crippen LogP contribution in [0.15, 0.2) is 42.5 Å². The molecular formula is C21H24FN3O3S. The first-order valence-corrected chi connectivity index (χ1v) is 10.1. The van der Waals surface area contributed by atoms with Gasteiger partial charge in [-0.15, -0.1) is 0 Å². The van der Waals surface area contributed by atoms with Crippen molar-refractivity contribution >= 4 is 17.3 Å². The molecule has 0 spiro atoms. The van der Waals surface area contributed by atoms with Gasteiger partial charge in [-0.25, -0.2) is 4.39 Å². The predicted molar refractivity (Wildman–Crippen MR) is 112 cm³/mol. The third-order valence-electron chi connectivity index (χ3n) is 5.09. The van der Waals surface area contributed by atoms with Gasteiger partial charge in [0.15, 0.2) is 16.6 Å². The summed E-state index contributed by atoms with van der Waals surface area (Å²) < 4.78 is 29.6. The summed E-state index contributed by atoms with van der Waals surface area (Å²) in [4.78, 5) is 2.34. The average Bonchev–Trinajstić information content (AvgIpc) is 3.22. The Labute approximate surface area is 174 Å². The van der Waals surface area contributed by atoms with E-state index in [4.69, 9.17) is 26.4 Å². The van der Waals surface area contributed by atoms with Gasteiger partial charge in [0.25, 0.3) is 0 Å². The summed E-state index contributed by atoms with van der Waals surface area (Å²) >= 11 is 5.46. The molecule has 0 aliphatic carbocycles. The molecule has 1 unspecified atom stereocenters. The molecule has 2 aliphatic heterocycles. The van der Waals surface area contributed by atoms with E-state index in [9.17, 15) is 4.39 Å². The Hall–Kier alpha value is -2.42. The Morgan fingerprint density at radius 2 is 1.79 bits per heavy atom. The van der Waals surface area contributed by atoms with E-state index in [-0.39, 0.29) is 18.7 Å². The number of benzene rings is 2. The lowest BCUT2D eigenvalue weighted by Gasteiger charge is -2.35. The van der Waals surface area contributed by atoms with E-state index >= 15 is 0 Å². The number of morpholine rings is 1. The molecule has 0 radical (unpaired) electrons. The highest BCUT2D eigenvalue weighted by Gasteiger charge is 2.23. The molecule has 2 N–H and O–H groups in total. The van der Waals surface area contributed by atoms with Gasteiger partial charge in [0, 0.05) is 26.2 Å². The zero-order chi connectivity index (χ0) is 20.1. The van der Waals surface area contributed by atoms with E-state index < -0.39 is 0 Å². The minimum atomic E-state index is -0.233. The second kappa shape index (κ2) is 9.39. The number of halogens is 1. The molecule has 1 saturated heterocycles. The zero-order valence-corrected chi connectivity index (χ0v) is 16.8. The second-order valence-corrected chi connectivity index (χ2v) is 7.38. The molecule has 0 bridgehead atoms. The van der Waals surface area contributed by atoms with Crippen molar-refractivity contribution < 1.29 is 18.6 Å². The second-order valence-electron chi connectivity index (χ2n) is 6.97. The monoisotopic (exact) mass is 417 g/mol. The van der Waals surface area contributed by atoms with E-state index in [2.05, 4.69) is 15.5 Å². The van der Waals surface area contributed by atoms with Gasteiger partial charge in [0.1, 0.15) is 5.82 Å². The van der Waals surface area contributed by atoms with Gasteiger partial charge in [0.05, 0.1) is 19.3 Å². The van der Waals surface area contributed by atoms with Crippen molar-refractivity contribution in [3.63, 3.8) is 0 Å². The summed E-state index contributed by atoms with van der Waals surface area (Å²) in [5.41, 5.74) is 2.11. The van der Waals surface area contributed by atoms with Gasteiger partial charge in [0.2, 0.25) is 6.79 Å². The molecule has 4 rings (SSSR count). The highest BCUT2D eigenvalue weighted by Crippen LogP contribution is 2.32. The summed E-state index contributed by atoms with van der Waals surface area (Å²) in [7, 11) is 0. The minimum Gasteiger partial charge on any atom is -0.454 e.